The standard InChI is InChI=1S/C14H24N2/c1-5-12(2)6-8-13(3,15)10-11-14(4,16)9-7-12/h6-11H,5,15-16H2,1-4H3/b8-6-,9-7-,11-10?. The molecule has 16 heavy (non-hydrogen) atoms. The fourth-order valence-electron chi connectivity index (χ4n) is 1.50. The lowest BCUT2D eigenvalue weighted by atomic mass is 9.84. The van der Waals surface area contributed by atoms with Gasteiger partial charge in [-0.3, -0.25) is 0 Å². The van der Waals surface area contributed by atoms with E-state index in [2.05, 4.69) is 38.2 Å². The zero-order valence-electron chi connectivity index (χ0n) is 10.8. The lowest BCUT2D eigenvalue weighted by Gasteiger charge is -2.22. The van der Waals surface area contributed by atoms with Crippen LogP contribution >= 0.6 is 0 Å². The summed E-state index contributed by atoms with van der Waals surface area (Å²) in [5.74, 6) is 0. The molecular weight excluding hydrogens is 196 g/mol. The normalized spacial score (nSPS) is 47.9. The van der Waals surface area contributed by atoms with Gasteiger partial charge in [0.05, 0.1) is 0 Å². The van der Waals surface area contributed by atoms with Crippen molar-refractivity contribution in [2.45, 2.75) is 45.2 Å². The van der Waals surface area contributed by atoms with E-state index in [0.717, 1.165) is 6.42 Å². The summed E-state index contributed by atoms with van der Waals surface area (Å²) in [6.45, 7) is 8.33. The van der Waals surface area contributed by atoms with E-state index in [1.165, 1.54) is 0 Å². The van der Waals surface area contributed by atoms with Gasteiger partial charge in [0, 0.05) is 16.5 Å². The van der Waals surface area contributed by atoms with E-state index in [9.17, 15) is 0 Å². The van der Waals surface area contributed by atoms with Crippen molar-refractivity contribution >= 4 is 0 Å². The number of hydrogen-bond donors (Lipinski definition) is 2. The minimum atomic E-state index is -0.428. The van der Waals surface area contributed by atoms with Gasteiger partial charge in [-0.2, -0.15) is 0 Å². The van der Waals surface area contributed by atoms with E-state index in [1.807, 2.05) is 26.0 Å². The fraction of sp³-hybridized carbons (Fsp3) is 0.571. The van der Waals surface area contributed by atoms with Gasteiger partial charge >= 0.3 is 0 Å². The Morgan fingerprint density at radius 3 is 1.38 bits per heavy atom. The molecule has 1 rings (SSSR count). The van der Waals surface area contributed by atoms with E-state index in [4.69, 9.17) is 11.5 Å². The first-order valence-corrected chi connectivity index (χ1v) is 5.87. The molecule has 2 nitrogen and oxygen atoms in total. The van der Waals surface area contributed by atoms with Crippen LogP contribution in [0.15, 0.2) is 36.5 Å². The Kier molecular flexibility index (Phi) is 3.46. The third kappa shape index (κ3) is 3.62. The minimum absolute atomic E-state index is 0.0350. The second-order valence-corrected chi connectivity index (χ2v) is 5.59. The number of hydrogen-bond acceptors (Lipinski definition) is 2. The minimum Gasteiger partial charge on any atom is -0.319 e. The van der Waals surface area contributed by atoms with Crippen molar-refractivity contribution in [3.8, 4) is 0 Å². The molecule has 0 saturated carbocycles. The molecule has 0 aromatic carbocycles. The molecule has 1 aliphatic carbocycles. The third-order valence-corrected chi connectivity index (χ3v) is 3.21. The molecular formula is C14H24N2. The van der Waals surface area contributed by atoms with Crippen molar-refractivity contribution < 1.29 is 0 Å². The van der Waals surface area contributed by atoms with Crippen LogP contribution in [-0.2, 0) is 0 Å². The van der Waals surface area contributed by atoms with Gasteiger partial charge in [0.15, 0.2) is 0 Å². The second-order valence-electron chi connectivity index (χ2n) is 5.59. The van der Waals surface area contributed by atoms with E-state index in [0.29, 0.717) is 0 Å². The van der Waals surface area contributed by atoms with E-state index < -0.39 is 11.1 Å². The molecule has 0 amide bonds. The highest BCUT2D eigenvalue weighted by atomic mass is 14.7. The lowest BCUT2D eigenvalue weighted by molar-refractivity contribution is 0.520. The molecule has 2 unspecified atom stereocenters. The molecule has 4 N–H and O–H groups in total. The highest BCUT2D eigenvalue weighted by Gasteiger charge is 2.22. The van der Waals surface area contributed by atoms with Crippen molar-refractivity contribution in [3.63, 3.8) is 0 Å². The summed E-state index contributed by atoms with van der Waals surface area (Å²) in [6, 6.07) is 0. The van der Waals surface area contributed by atoms with Crippen LogP contribution in [0.25, 0.3) is 0 Å². The molecule has 2 atom stereocenters. The SMILES string of the molecule is CCC1(C)/C=C\C(C)(N)C=CC(C)(N)/C=C\1. The van der Waals surface area contributed by atoms with Crippen molar-refractivity contribution in [2.75, 3.05) is 0 Å². The molecule has 0 saturated heterocycles. The molecule has 0 radical (unpaired) electrons. The van der Waals surface area contributed by atoms with Gasteiger partial charge in [-0.1, -0.05) is 50.3 Å². The molecule has 0 aliphatic heterocycles. The molecule has 0 aromatic rings. The summed E-state index contributed by atoms with van der Waals surface area (Å²) < 4.78 is 0. The summed E-state index contributed by atoms with van der Waals surface area (Å²) in [6.07, 6.45) is 13.4. The summed E-state index contributed by atoms with van der Waals surface area (Å²) in [5, 5.41) is 0. The largest absolute Gasteiger partial charge is 0.319 e. The van der Waals surface area contributed by atoms with Crippen LogP contribution in [0.5, 0.6) is 0 Å². The maximum Gasteiger partial charge on any atom is 0.0497 e. The molecule has 0 aromatic heterocycles. The summed E-state index contributed by atoms with van der Waals surface area (Å²) >= 11 is 0. The van der Waals surface area contributed by atoms with Crippen LogP contribution in [-0.4, -0.2) is 11.1 Å². The van der Waals surface area contributed by atoms with Crippen molar-refractivity contribution in [1.29, 1.82) is 0 Å². The van der Waals surface area contributed by atoms with E-state index in [-0.39, 0.29) is 5.41 Å². The number of nitrogens with two attached hydrogens (primary N) is 2. The third-order valence-electron chi connectivity index (χ3n) is 3.21. The van der Waals surface area contributed by atoms with Crippen LogP contribution in [0.2, 0.25) is 0 Å². The predicted octanol–water partition coefficient (Wildman–Crippen LogP) is 2.52. The first-order chi connectivity index (χ1) is 7.18. The van der Waals surface area contributed by atoms with Crippen LogP contribution in [0.1, 0.15) is 34.1 Å². The first-order valence-electron chi connectivity index (χ1n) is 5.87. The van der Waals surface area contributed by atoms with Crippen LogP contribution in [0, 0.1) is 5.41 Å². The quantitative estimate of drug-likeness (QED) is 0.667. The Bertz CT molecular complexity index is 305. The van der Waals surface area contributed by atoms with Crippen LogP contribution in [0.4, 0.5) is 0 Å². The van der Waals surface area contributed by atoms with Crippen LogP contribution in [0.3, 0.4) is 0 Å². The Labute approximate surface area is 99.1 Å². The Morgan fingerprint density at radius 2 is 1.06 bits per heavy atom. The maximum atomic E-state index is 6.16. The maximum absolute atomic E-state index is 6.16. The number of allylic oxidation sites excluding steroid dienone is 2. The number of rotatable bonds is 1. The van der Waals surface area contributed by atoms with Gasteiger partial charge in [0.25, 0.3) is 0 Å². The molecule has 0 heterocycles. The van der Waals surface area contributed by atoms with Gasteiger partial charge in [-0.05, 0) is 20.3 Å². The predicted molar refractivity (Wildman–Crippen MR) is 71.0 cm³/mol. The summed E-state index contributed by atoms with van der Waals surface area (Å²) in [5.41, 5.74) is 11.5. The first kappa shape index (κ1) is 13.2. The lowest BCUT2D eigenvalue weighted by Crippen LogP contribution is -2.35. The average Bonchev–Trinajstić information content (AvgIpc) is 2.24. The van der Waals surface area contributed by atoms with Crippen LogP contribution < -0.4 is 11.5 Å². The topological polar surface area (TPSA) is 52.0 Å². The van der Waals surface area contributed by atoms with Gasteiger partial charge in [0.1, 0.15) is 0 Å². The Balaban J connectivity index is 3.17. The summed E-state index contributed by atoms with van der Waals surface area (Å²) in [7, 11) is 0. The van der Waals surface area contributed by atoms with Gasteiger partial charge < -0.3 is 11.5 Å². The molecule has 0 fully saturated rings. The zero-order valence-corrected chi connectivity index (χ0v) is 10.8. The molecule has 2 heteroatoms. The summed E-state index contributed by atoms with van der Waals surface area (Å²) in [4.78, 5) is 0. The van der Waals surface area contributed by atoms with Crippen molar-refractivity contribution in [3.05, 3.63) is 36.5 Å². The fourth-order valence-corrected chi connectivity index (χ4v) is 1.50. The average molecular weight is 220 g/mol. The Hall–Kier alpha value is -0.860. The monoisotopic (exact) mass is 220 g/mol. The molecule has 0 spiro atoms. The zero-order chi connectivity index (χ0) is 12.4. The smallest absolute Gasteiger partial charge is 0.0497 e. The Morgan fingerprint density at radius 1 is 0.750 bits per heavy atom. The highest BCUT2D eigenvalue weighted by Crippen LogP contribution is 2.28. The van der Waals surface area contributed by atoms with Crippen molar-refractivity contribution in [1.82, 2.24) is 0 Å². The molecule has 0 bridgehead atoms. The van der Waals surface area contributed by atoms with E-state index >= 15 is 0 Å². The molecule has 90 valence electrons. The highest BCUT2D eigenvalue weighted by molar-refractivity contribution is 5.28. The van der Waals surface area contributed by atoms with Crippen molar-refractivity contribution in [2.24, 2.45) is 16.9 Å². The molecule has 1 aliphatic rings. The van der Waals surface area contributed by atoms with Gasteiger partial charge in [-0.25, -0.2) is 0 Å². The van der Waals surface area contributed by atoms with Gasteiger partial charge in [0.2, 0.25) is 0 Å². The van der Waals surface area contributed by atoms with E-state index in [1.54, 1.807) is 0 Å². The van der Waals surface area contributed by atoms with Gasteiger partial charge in [-0.15, -0.1) is 0 Å². The second kappa shape index (κ2) is 4.19.